The molecule has 0 saturated heterocycles. The van der Waals surface area contributed by atoms with Crippen molar-refractivity contribution in [2.75, 3.05) is 0 Å². The Balaban J connectivity index is 1.57. The number of aromatic amines is 1. The molecule has 1 atom stereocenters. The summed E-state index contributed by atoms with van der Waals surface area (Å²) in [5.41, 5.74) is 11.4. The van der Waals surface area contributed by atoms with Crippen molar-refractivity contribution in [3.63, 3.8) is 0 Å². The molecule has 0 amide bonds. The SMILES string of the molecule is Fc1ccc(C2NNC=C2c2ccc3[nH]nc(-c4ccc(S)s4)c3c2)cc1. The molecular weight excluding hydrogens is 379 g/mol. The smallest absolute Gasteiger partial charge is 0.123 e. The maximum absolute atomic E-state index is 13.3. The van der Waals surface area contributed by atoms with E-state index in [9.17, 15) is 4.39 Å². The van der Waals surface area contributed by atoms with Gasteiger partial charge in [0.15, 0.2) is 0 Å². The molecule has 0 fully saturated rings. The van der Waals surface area contributed by atoms with Crippen molar-refractivity contribution >= 4 is 40.4 Å². The first-order valence-corrected chi connectivity index (χ1v) is 9.70. The lowest BCUT2D eigenvalue weighted by atomic mass is 9.94. The van der Waals surface area contributed by atoms with E-state index in [2.05, 4.69) is 45.8 Å². The second-order valence-electron chi connectivity index (χ2n) is 6.34. The molecule has 0 aliphatic carbocycles. The Hall–Kier alpha value is -2.61. The summed E-state index contributed by atoms with van der Waals surface area (Å²) >= 11 is 6.01. The largest absolute Gasteiger partial charge is 0.328 e. The molecule has 4 aromatic rings. The Morgan fingerprint density at radius 3 is 2.67 bits per heavy atom. The molecule has 2 aromatic carbocycles. The quantitative estimate of drug-likeness (QED) is 0.374. The highest BCUT2D eigenvalue weighted by atomic mass is 32.2. The monoisotopic (exact) mass is 394 g/mol. The van der Waals surface area contributed by atoms with Crippen LogP contribution in [0.4, 0.5) is 4.39 Å². The third kappa shape index (κ3) is 2.93. The van der Waals surface area contributed by atoms with Crippen LogP contribution in [0.25, 0.3) is 27.0 Å². The molecule has 1 aliphatic heterocycles. The van der Waals surface area contributed by atoms with Gasteiger partial charge < -0.3 is 5.43 Å². The van der Waals surface area contributed by atoms with Gasteiger partial charge in [-0.2, -0.15) is 5.10 Å². The standard InChI is InChI=1S/C20H15FN4S2/c21-13-4-1-11(2-5-13)19-15(10-22-24-19)12-3-6-16-14(9-12)20(25-23-16)17-7-8-18(26)27-17/h1-10,19,22,24,26H,(H,23,25). The van der Waals surface area contributed by atoms with E-state index < -0.39 is 0 Å². The topological polar surface area (TPSA) is 52.7 Å². The van der Waals surface area contributed by atoms with E-state index in [0.29, 0.717) is 0 Å². The average molecular weight is 395 g/mol. The number of hydrogen-bond donors (Lipinski definition) is 4. The lowest BCUT2D eigenvalue weighted by Gasteiger charge is -2.15. The van der Waals surface area contributed by atoms with Crippen LogP contribution >= 0.6 is 24.0 Å². The highest BCUT2D eigenvalue weighted by molar-refractivity contribution is 7.83. The summed E-state index contributed by atoms with van der Waals surface area (Å²) in [4.78, 5) is 1.08. The molecule has 0 radical (unpaired) electrons. The lowest BCUT2D eigenvalue weighted by molar-refractivity contribution is 0.607. The summed E-state index contributed by atoms with van der Waals surface area (Å²) in [6.07, 6.45) is 1.95. The van der Waals surface area contributed by atoms with Gasteiger partial charge in [-0.25, -0.2) is 9.82 Å². The number of rotatable bonds is 3. The van der Waals surface area contributed by atoms with Crippen LogP contribution in [-0.4, -0.2) is 10.2 Å². The van der Waals surface area contributed by atoms with Crippen molar-refractivity contribution in [1.29, 1.82) is 0 Å². The number of hydrogen-bond acceptors (Lipinski definition) is 5. The van der Waals surface area contributed by atoms with Crippen LogP contribution < -0.4 is 10.9 Å². The molecule has 1 aliphatic rings. The number of halogens is 1. The van der Waals surface area contributed by atoms with Gasteiger partial charge in [0, 0.05) is 11.6 Å². The van der Waals surface area contributed by atoms with Gasteiger partial charge >= 0.3 is 0 Å². The van der Waals surface area contributed by atoms with Crippen molar-refractivity contribution in [3.05, 3.63) is 77.7 Å². The van der Waals surface area contributed by atoms with Crippen LogP contribution in [0.1, 0.15) is 17.2 Å². The lowest BCUT2D eigenvalue weighted by Crippen LogP contribution is -2.24. The highest BCUT2D eigenvalue weighted by Crippen LogP contribution is 2.37. The molecular formula is C20H15FN4S2. The summed E-state index contributed by atoms with van der Waals surface area (Å²) < 4.78 is 14.2. The maximum atomic E-state index is 13.3. The second-order valence-corrected chi connectivity index (χ2v) is 8.21. The fourth-order valence-corrected chi connectivity index (χ4v) is 4.49. The summed E-state index contributed by atoms with van der Waals surface area (Å²) in [7, 11) is 0. The number of fused-ring (bicyclic) bond motifs is 1. The first-order valence-electron chi connectivity index (χ1n) is 8.43. The van der Waals surface area contributed by atoms with E-state index >= 15 is 0 Å². The van der Waals surface area contributed by atoms with Gasteiger partial charge in [-0.05, 0) is 53.1 Å². The molecule has 7 heteroatoms. The Morgan fingerprint density at radius 2 is 1.89 bits per heavy atom. The molecule has 3 heterocycles. The average Bonchev–Trinajstić information content (AvgIpc) is 3.40. The zero-order valence-electron chi connectivity index (χ0n) is 14.0. The molecule has 3 N–H and O–H groups in total. The van der Waals surface area contributed by atoms with Crippen molar-refractivity contribution in [1.82, 2.24) is 21.0 Å². The fraction of sp³-hybridized carbons (Fsp3) is 0.0500. The number of thiol groups is 1. The Bertz CT molecular complexity index is 1160. The van der Waals surface area contributed by atoms with Crippen LogP contribution in [0, 0.1) is 5.82 Å². The molecule has 0 saturated carbocycles. The van der Waals surface area contributed by atoms with E-state index in [4.69, 9.17) is 0 Å². The number of H-pyrrole nitrogens is 1. The molecule has 27 heavy (non-hydrogen) atoms. The van der Waals surface area contributed by atoms with Crippen molar-refractivity contribution < 1.29 is 4.39 Å². The summed E-state index contributed by atoms with van der Waals surface area (Å²) in [6.45, 7) is 0. The number of thiophene rings is 1. The van der Waals surface area contributed by atoms with Gasteiger partial charge in [0.1, 0.15) is 11.5 Å². The Morgan fingerprint density at radius 1 is 1.04 bits per heavy atom. The second kappa shape index (κ2) is 6.53. The Labute approximate surface area is 164 Å². The fourth-order valence-electron chi connectivity index (χ4n) is 3.37. The summed E-state index contributed by atoms with van der Waals surface area (Å²) in [5.74, 6) is -0.237. The zero-order valence-corrected chi connectivity index (χ0v) is 15.7. The molecule has 134 valence electrons. The first kappa shape index (κ1) is 16.6. The van der Waals surface area contributed by atoms with Crippen LogP contribution in [0.3, 0.4) is 0 Å². The van der Waals surface area contributed by atoms with Crippen molar-refractivity contribution in [3.8, 4) is 10.6 Å². The van der Waals surface area contributed by atoms with Gasteiger partial charge in [-0.3, -0.25) is 5.10 Å². The maximum Gasteiger partial charge on any atom is 0.123 e. The summed E-state index contributed by atoms with van der Waals surface area (Å²) in [6, 6.07) is 16.8. The van der Waals surface area contributed by atoms with Gasteiger partial charge in [0.2, 0.25) is 0 Å². The van der Waals surface area contributed by atoms with Crippen LogP contribution in [0.2, 0.25) is 0 Å². The highest BCUT2D eigenvalue weighted by Gasteiger charge is 2.23. The van der Waals surface area contributed by atoms with Crippen LogP contribution in [-0.2, 0) is 0 Å². The van der Waals surface area contributed by atoms with Gasteiger partial charge in [-0.1, -0.05) is 18.2 Å². The predicted molar refractivity (Wildman–Crippen MR) is 110 cm³/mol. The minimum Gasteiger partial charge on any atom is -0.328 e. The van der Waals surface area contributed by atoms with Gasteiger partial charge in [0.05, 0.1) is 20.6 Å². The third-order valence-electron chi connectivity index (χ3n) is 4.69. The minimum atomic E-state index is -0.237. The predicted octanol–water partition coefficient (Wildman–Crippen LogP) is 4.91. The number of nitrogens with zero attached hydrogens (tertiary/aromatic N) is 1. The number of benzene rings is 2. The minimum absolute atomic E-state index is 0.0517. The van der Waals surface area contributed by atoms with E-state index in [-0.39, 0.29) is 11.9 Å². The normalized spacial score (nSPS) is 16.5. The molecule has 0 bridgehead atoms. The summed E-state index contributed by atoms with van der Waals surface area (Å²) in [5, 5.41) is 8.66. The van der Waals surface area contributed by atoms with Crippen LogP contribution in [0.15, 0.2) is 65.0 Å². The van der Waals surface area contributed by atoms with Gasteiger partial charge in [0.25, 0.3) is 0 Å². The van der Waals surface area contributed by atoms with E-state index in [1.807, 2.05) is 24.4 Å². The van der Waals surface area contributed by atoms with E-state index in [0.717, 1.165) is 42.4 Å². The number of nitrogens with one attached hydrogen (secondary N) is 3. The van der Waals surface area contributed by atoms with Gasteiger partial charge in [-0.15, -0.1) is 24.0 Å². The third-order valence-corrected chi connectivity index (χ3v) is 6.01. The van der Waals surface area contributed by atoms with E-state index in [1.165, 1.54) is 12.1 Å². The van der Waals surface area contributed by atoms with Crippen molar-refractivity contribution in [2.45, 2.75) is 10.3 Å². The molecule has 2 aromatic heterocycles. The van der Waals surface area contributed by atoms with Crippen molar-refractivity contribution in [2.24, 2.45) is 0 Å². The number of hydrazine groups is 1. The van der Waals surface area contributed by atoms with Crippen LogP contribution in [0.5, 0.6) is 0 Å². The molecule has 5 rings (SSSR count). The first-order chi connectivity index (χ1) is 13.2. The number of aromatic nitrogens is 2. The van der Waals surface area contributed by atoms with E-state index in [1.54, 1.807) is 23.5 Å². The molecule has 1 unspecified atom stereocenters. The molecule has 0 spiro atoms. The zero-order chi connectivity index (χ0) is 18.4. The molecule has 4 nitrogen and oxygen atoms in total. The Kier molecular flexibility index (Phi) is 4.00.